The fraction of sp³-hybridized carbons (Fsp3) is 0.200. The number of halogens is 1. The predicted octanol–water partition coefficient (Wildman–Crippen LogP) is 5.06. The molecule has 0 spiro atoms. The number of aromatic nitrogens is 2. The van der Waals surface area contributed by atoms with Gasteiger partial charge in [-0.3, -0.25) is 4.79 Å². The lowest BCUT2D eigenvalue weighted by Crippen LogP contribution is -2.15. The molecule has 2 heterocycles. The first-order valence-corrected chi connectivity index (χ1v) is 11.9. The number of nitrogens with one attached hydrogen (secondary N) is 1. The van der Waals surface area contributed by atoms with Crippen LogP contribution in [0.15, 0.2) is 53.3 Å². The molecule has 35 heavy (non-hydrogen) atoms. The molecule has 2 aromatic heterocycles. The molecule has 10 heteroatoms. The number of carbonyl (C=O) groups excluding carboxylic acids is 2. The lowest BCUT2D eigenvalue weighted by molar-refractivity contribution is 0.0456. The Morgan fingerprint density at radius 2 is 1.77 bits per heavy atom. The summed E-state index contributed by atoms with van der Waals surface area (Å²) in [7, 11) is 0. The SMILES string of the molecule is CCOC(=O)c1sc2nc(COC(=O)c3ccccc3OCc3ccc(Cl)cc3)[nH]c(=O)c2c1C. The fourth-order valence-corrected chi connectivity index (χ4v) is 4.58. The molecule has 8 nitrogen and oxygen atoms in total. The van der Waals surface area contributed by atoms with Crippen LogP contribution < -0.4 is 10.3 Å². The zero-order valence-electron chi connectivity index (χ0n) is 18.9. The Kier molecular flexibility index (Phi) is 7.48. The van der Waals surface area contributed by atoms with Crippen LogP contribution in [0.3, 0.4) is 0 Å². The first kappa shape index (κ1) is 24.4. The van der Waals surface area contributed by atoms with Crippen molar-refractivity contribution in [2.24, 2.45) is 0 Å². The molecule has 0 atom stereocenters. The fourth-order valence-electron chi connectivity index (χ4n) is 3.36. The molecule has 0 fully saturated rings. The molecule has 0 aliphatic rings. The summed E-state index contributed by atoms with van der Waals surface area (Å²) in [5.41, 5.74) is 1.21. The van der Waals surface area contributed by atoms with Crippen molar-refractivity contribution in [1.82, 2.24) is 9.97 Å². The summed E-state index contributed by atoms with van der Waals surface area (Å²) in [6.45, 7) is 3.58. The second kappa shape index (κ2) is 10.7. The van der Waals surface area contributed by atoms with Crippen LogP contribution in [0, 0.1) is 6.92 Å². The third-order valence-corrected chi connectivity index (χ3v) is 6.48. The van der Waals surface area contributed by atoms with Gasteiger partial charge in [0.2, 0.25) is 0 Å². The van der Waals surface area contributed by atoms with Crippen molar-refractivity contribution in [3.63, 3.8) is 0 Å². The molecule has 4 aromatic rings. The van der Waals surface area contributed by atoms with Gasteiger partial charge in [-0.05, 0) is 49.2 Å². The minimum Gasteiger partial charge on any atom is -0.488 e. The van der Waals surface area contributed by atoms with E-state index >= 15 is 0 Å². The van der Waals surface area contributed by atoms with Crippen molar-refractivity contribution in [3.8, 4) is 5.75 Å². The second-order valence-electron chi connectivity index (χ2n) is 7.46. The number of carbonyl (C=O) groups is 2. The number of esters is 2. The van der Waals surface area contributed by atoms with E-state index in [-0.39, 0.29) is 31.2 Å². The van der Waals surface area contributed by atoms with E-state index in [2.05, 4.69) is 9.97 Å². The van der Waals surface area contributed by atoms with Gasteiger partial charge in [0.15, 0.2) is 0 Å². The molecule has 4 rings (SSSR count). The maximum absolute atomic E-state index is 12.8. The van der Waals surface area contributed by atoms with Crippen molar-refractivity contribution < 1.29 is 23.8 Å². The van der Waals surface area contributed by atoms with E-state index in [1.807, 2.05) is 12.1 Å². The third kappa shape index (κ3) is 5.52. The first-order valence-electron chi connectivity index (χ1n) is 10.7. The number of aryl methyl sites for hydroxylation is 1. The van der Waals surface area contributed by atoms with E-state index in [4.69, 9.17) is 25.8 Å². The Morgan fingerprint density at radius 1 is 1.03 bits per heavy atom. The maximum atomic E-state index is 12.8. The molecule has 0 bridgehead atoms. The Balaban J connectivity index is 1.48. The standard InChI is InChI=1S/C25H21ClN2O6S/c1-3-32-25(31)21-14(2)20-22(29)27-19(28-23(20)35-21)13-34-24(30)17-6-4-5-7-18(17)33-12-15-8-10-16(26)11-9-15/h4-11H,3,12-13H2,1-2H3,(H,27,28,29). The summed E-state index contributed by atoms with van der Waals surface area (Å²) < 4.78 is 16.3. The summed E-state index contributed by atoms with van der Waals surface area (Å²) in [4.78, 5) is 45.2. The van der Waals surface area contributed by atoms with E-state index < -0.39 is 17.5 Å². The van der Waals surface area contributed by atoms with Crippen LogP contribution in [0.4, 0.5) is 0 Å². The van der Waals surface area contributed by atoms with Gasteiger partial charge in [0, 0.05) is 5.02 Å². The van der Waals surface area contributed by atoms with E-state index in [0.717, 1.165) is 16.9 Å². The lowest BCUT2D eigenvalue weighted by atomic mass is 10.2. The molecule has 2 aromatic carbocycles. The minimum atomic E-state index is -0.631. The zero-order valence-corrected chi connectivity index (χ0v) is 20.5. The lowest BCUT2D eigenvalue weighted by Gasteiger charge is -2.11. The smallest absolute Gasteiger partial charge is 0.348 e. The monoisotopic (exact) mass is 512 g/mol. The number of hydrogen-bond donors (Lipinski definition) is 1. The minimum absolute atomic E-state index is 0.159. The number of nitrogens with zero attached hydrogens (tertiary/aromatic N) is 1. The number of thiophene rings is 1. The van der Waals surface area contributed by atoms with Gasteiger partial charge in [-0.15, -0.1) is 11.3 Å². The Hall–Kier alpha value is -3.69. The van der Waals surface area contributed by atoms with Crippen molar-refractivity contribution in [2.75, 3.05) is 6.61 Å². The van der Waals surface area contributed by atoms with Gasteiger partial charge in [0.1, 0.15) is 40.1 Å². The topological polar surface area (TPSA) is 108 Å². The van der Waals surface area contributed by atoms with Gasteiger partial charge in [-0.2, -0.15) is 0 Å². The summed E-state index contributed by atoms with van der Waals surface area (Å²) in [6, 6.07) is 13.9. The largest absolute Gasteiger partial charge is 0.488 e. The quantitative estimate of drug-likeness (QED) is 0.329. The third-order valence-electron chi connectivity index (χ3n) is 5.06. The highest BCUT2D eigenvalue weighted by Gasteiger charge is 2.21. The molecule has 1 N–H and O–H groups in total. The number of hydrogen-bond acceptors (Lipinski definition) is 8. The number of aromatic amines is 1. The van der Waals surface area contributed by atoms with Gasteiger partial charge in [-0.1, -0.05) is 35.9 Å². The summed E-state index contributed by atoms with van der Waals surface area (Å²) in [5.74, 6) is -0.617. The highest BCUT2D eigenvalue weighted by Crippen LogP contribution is 2.28. The van der Waals surface area contributed by atoms with Crippen LogP contribution >= 0.6 is 22.9 Å². The van der Waals surface area contributed by atoms with Crippen molar-refractivity contribution in [2.45, 2.75) is 27.1 Å². The van der Waals surface area contributed by atoms with Gasteiger partial charge in [0.05, 0.1) is 12.0 Å². The molecule has 0 saturated heterocycles. The molecule has 0 saturated carbocycles. The number of fused-ring (bicyclic) bond motifs is 1. The average Bonchev–Trinajstić information content (AvgIpc) is 3.19. The Bertz CT molecular complexity index is 1440. The maximum Gasteiger partial charge on any atom is 0.348 e. The van der Waals surface area contributed by atoms with Crippen LogP contribution in [0.25, 0.3) is 10.2 Å². The average molecular weight is 513 g/mol. The Morgan fingerprint density at radius 3 is 2.51 bits per heavy atom. The molecular formula is C25H21ClN2O6S. The normalized spacial score (nSPS) is 10.8. The molecule has 0 amide bonds. The van der Waals surface area contributed by atoms with Crippen molar-refractivity contribution >= 4 is 45.1 Å². The number of H-pyrrole nitrogens is 1. The highest BCUT2D eigenvalue weighted by atomic mass is 35.5. The summed E-state index contributed by atoms with van der Waals surface area (Å²) >= 11 is 6.97. The van der Waals surface area contributed by atoms with Crippen LogP contribution in [-0.2, 0) is 22.7 Å². The van der Waals surface area contributed by atoms with Crippen LogP contribution in [0.2, 0.25) is 5.02 Å². The number of benzene rings is 2. The van der Waals surface area contributed by atoms with Gasteiger partial charge < -0.3 is 19.2 Å². The number of para-hydroxylation sites is 1. The number of ether oxygens (including phenoxy) is 3. The van der Waals surface area contributed by atoms with Crippen molar-refractivity contribution in [3.05, 3.63) is 91.3 Å². The second-order valence-corrected chi connectivity index (χ2v) is 8.89. The van der Waals surface area contributed by atoms with Crippen LogP contribution in [0.1, 0.15) is 43.9 Å². The predicted molar refractivity (Wildman–Crippen MR) is 132 cm³/mol. The highest BCUT2D eigenvalue weighted by molar-refractivity contribution is 7.20. The van der Waals surface area contributed by atoms with E-state index in [1.54, 1.807) is 50.2 Å². The molecule has 0 aliphatic carbocycles. The van der Waals surface area contributed by atoms with Gasteiger partial charge in [-0.25, -0.2) is 14.6 Å². The molecule has 180 valence electrons. The zero-order chi connectivity index (χ0) is 24.9. The van der Waals surface area contributed by atoms with Gasteiger partial charge in [0.25, 0.3) is 5.56 Å². The van der Waals surface area contributed by atoms with E-state index in [1.165, 1.54) is 0 Å². The van der Waals surface area contributed by atoms with E-state index in [9.17, 15) is 14.4 Å². The summed E-state index contributed by atoms with van der Waals surface area (Å²) in [6.07, 6.45) is 0. The molecule has 0 radical (unpaired) electrons. The summed E-state index contributed by atoms with van der Waals surface area (Å²) in [5, 5.41) is 0.937. The van der Waals surface area contributed by atoms with Crippen LogP contribution in [0.5, 0.6) is 5.75 Å². The first-order chi connectivity index (χ1) is 16.9. The molecule has 0 aliphatic heterocycles. The van der Waals surface area contributed by atoms with E-state index in [0.29, 0.717) is 31.4 Å². The Labute approximate surface area is 209 Å². The number of rotatable bonds is 8. The van der Waals surface area contributed by atoms with Crippen molar-refractivity contribution in [1.29, 1.82) is 0 Å². The molecular weight excluding hydrogens is 492 g/mol. The van der Waals surface area contributed by atoms with Gasteiger partial charge >= 0.3 is 11.9 Å². The molecule has 0 unspecified atom stereocenters. The van der Waals surface area contributed by atoms with Crippen LogP contribution in [-0.4, -0.2) is 28.5 Å².